The number of hydrogen-bond donors (Lipinski definition) is 3. The van der Waals surface area contributed by atoms with E-state index in [1.54, 1.807) is 31.0 Å². The van der Waals surface area contributed by atoms with E-state index in [9.17, 15) is 4.79 Å². The Morgan fingerprint density at radius 1 is 1.08 bits per heavy atom. The molecule has 10 nitrogen and oxygen atoms in total. The summed E-state index contributed by atoms with van der Waals surface area (Å²) in [6, 6.07) is 6.83. The Morgan fingerprint density at radius 3 is 2.68 bits per heavy atom. The number of amides is 1. The molecule has 5 heterocycles. The Labute approximate surface area is 216 Å². The summed E-state index contributed by atoms with van der Waals surface area (Å²) in [5, 5.41) is 10.6. The molecule has 0 saturated carbocycles. The van der Waals surface area contributed by atoms with Crippen LogP contribution in [0, 0.1) is 18.2 Å². The number of nitrogens with one attached hydrogen (secondary N) is 3. The number of hydrogen-bond acceptors (Lipinski definition) is 6. The fraction of sp³-hybridized carbons (Fsp3) is 0.185. The summed E-state index contributed by atoms with van der Waals surface area (Å²) < 4.78 is 17.0. The molecule has 38 heavy (non-hydrogen) atoms. The van der Waals surface area contributed by atoms with Crippen LogP contribution in [0.5, 0.6) is 0 Å². The van der Waals surface area contributed by atoms with E-state index in [1.807, 2.05) is 50.6 Å². The number of carbonyl (C=O) groups is 1. The highest BCUT2D eigenvalue weighted by Gasteiger charge is 2.22. The van der Waals surface area contributed by atoms with Crippen molar-refractivity contribution >= 4 is 33.5 Å². The first-order valence-corrected chi connectivity index (χ1v) is 12.0. The fourth-order valence-corrected chi connectivity index (χ4v) is 4.17. The first-order chi connectivity index (χ1) is 18.2. The van der Waals surface area contributed by atoms with Crippen molar-refractivity contribution in [1.29, 1.82) is 0 Å². The van der Waals surface area contributed by atoms with Gasteiger partial charge >= 0.3 is 0 Å². The molecule has 0 spiro atoms. The molecule has 0 unspecified atom stereocenters. The Balaban J connectivity index is 1.43. The van der Waals surface area contributed by atoms with Crippen LogP contribution >= 0.6 is 0 Å². The molecular weight excluding hydrogens is 485 g/mol. The normalized spacial score (nSPS) is 11.9. The molecule has 6 aromatic rings. The molecule has 0 atom stereocenters. The smallest absolute Gasteiger partial charge is 0.229 e. The van der Waals surface area contributed by atoms with Gasteiger partial charge in [-0.25, -0.2) is 19.3 Å². The van der Waals surface area contributed by atoms with Gasteiger partial charge in [-0.2, -0.15) is 5.10 Å². The van der Waals surface area contributed by atoms with E-state index >= 15 is 4.39 Å². The van der Waals surface area contributed by atoms with Crippen molar-refractivity contribution in [2.24, 2.45) is 5.41 Å². The Bertz CT molecular complexity index is 1840. The van der Waals surface area contributed by atoms with Gasteiger partial charge in [0.15, 0.2) is 17.5 Å². The minimum atomic E-state index is -0.564. The molecule has 0 fully saturated rings. The van der Waals surface area contributed by atoms with E-state index in [1.165, 1.54) is 6.07 Å². The first-order valence-electron chi connectivity index (χ1n) is 12.0. The summed E-state index contributed by atoms with van der Waals surface area (Å²) in [6.45, 7) is 7.39. The second-order valence-electron chi connectivity index (χ2n) is 10.2. The minimum absolute atomic E-state index is 0.139. The lowest BCUT2D eigenvalue weighted by molar-refractivity contribution is -0.123. The lowest BCUT2D eigenvalue weighted by Crippen LogP contribution is -2.27. The van der Waals surface area contributed by atoms with Crippen LogP contribution in [-0.4, -0.2) is 45.6 Å². The molecule has 0 radical (unpaired) electrons. The van der Waals surface area contributed by atoms with Crippen molar-refractivity contribution in [3.8, 4) is 28.5 Å². The third-order valence-corrected chi connectivity index (χ3v) is 6.20. The molecule has 0 aliphatic rings. The van der Waals surface area contributed by atoms with E-state index in [4.69, 9.17) is 4.98 Å². The first kappa shape index (κ1) is 23.5. The third-order valence-electron chi connectivity index (χ3n) is 6.20. The predicted molar refractivity (Wildman–Crippen MR) is 142 cm³/mol. The van der Waals surface area contributed by atoms with Crippen molar-refractivity contribution in [3.63, 3.8) is 0 Å². The van der Waals surface area contributed by atoms with E-state index in [-0.39, 0.29) is 11.4 Å². The molecule has 6 rings (SSSR count). The van der Waals surface area contributed by atoms with Crippen LogP contribution in [0.1, 0.15) is 26.5 Å². The minimum Gasteiger partial charge on any atom is -0.336 e. The van der Waals surface area contributed by atoms with Gasteiger partial charge in [0.1, 0.15) is 23.1 Å². The molecule has 1 amide bonds. The predicted octanol–water partition coefficient (Wildman–Crippen LogP) is 5.18. The van der Waals surface area contributed by atoms with Gasteiger partial charge in [0, 0.05) is 35.0 Å². The highest BCUT2D eigenvalue weighted by molar-refractivity contribution is 5.97. The van der Waals surface area contributed by atoms with E-state index < -0.39 is 11.2 Å². The number of H-pyrrole nitrogens is 2. The maximum atomic E-state index is 15.2. The number of aromatic nitrogens is 8. The van der Waals surface area contributed by atoms with E-state index in [0.717, 1.165) is 11.2 Å². The molecule has 5 aromatic heterocycles. The second kappa shape index (κ2) is 8.58. The number of halogens is 1. The number of pyridine rings is 2. The van der Waals surface area contributed by atoms with Crippen LogP contribution in [0.4, 0.5) is 10.1 Å². The summed E-state index contributed by atoms with van der Waals surface area (Å²) in [5.74, 6) is 0.493. The molecule has 11 heteroatoms. The summed E-state index contributed by atoms with van der Waals surface area (Å²) in [7, 11) is 0. The van der Waals surface area contributed by atoms with Crippen molar-refractivity contribution in [2.75, 3.05) is 5.32 Å². The monoisotopic (exact) mass is 509 g/mol. The van der Waals surface area contributed by atoms with Crippen LogP contribution in [-0.2, 0) is 4.79 Å². The molecule has 1 aromatic carbocycles. The summed E-state index contributed by atoms with van der Waals surface area (Å²) in [5.41, 5.74) is 4.20. The van der Waals surface area contributed by atoms with Crippen LogP contribution in [0.15, 0.2) is 55.4 Å². The Kier molecular flexibility index (Phi) is 5.30. The largest absolute Gasteiger partial charge is 0.336 e. The topological polar surface area (TPSA) is 130 Å². The molecule has 0 saturated heterocycles. The summed E-state index contributed by atoms with van der Waals surface area (Å²) >= 11 is 0. The van der Waals surface area contributed by atoms with Gasteiger partial charge in [-0.1, -0.05) is 20.8 Å². The SMILES string of the molecule is Cc1cn(-c2nccc3[nH]c(-c4[nH]nc5c(F)cc(-c6cncc(NC(=O)C(C)(C)C)c6)cc45)nc23)cn1. The molecule has 0 aliphatic heterocycles. The number of fused-ring (bicyclic) bond motifs is 2. The number of nitrogens with zero attached hydrogens (tertiary/aromatic N) is 6. The van der Waals surface area contributed by atoms with Gasteiger partial charge in [0.05, 0.1) is 23.1 Å². The van der Waals surface area contributed by atoms with Crippen LogP contribution in [0.25, 0.3) is 50.4 Å². The highest BCUT2D eigenvalue weighted by Crippen LogP contribution is 2.33. The van der Waals surface area contributed by atoms with Gasteiger partial charge in [0.25, 0.3) is 0 Å². The van der Waals surface area contributed by atoms with Crippen molar-refractivity contribution in [1.82, 2.24) is 39.7 Å². The lowest BCUT2D eigenvalue weighted by Gasteiger charge is -2.17. The van der Waals surface area contributed by atoms with Gasteiger partial charge in [-0.15, -0.1) is 0 Å². The number of rotatable bonds is 4. The van der Waals surface area contributed by atoms with Crippen LogP contribution < -0.4 is 5.32 Å². The number of benzene rings is 1. The zero-order chi connectivity index (χ0) is 26.6. The number of imidazole rings is 2. The van der Waals surface area contributed by atoms with Gasteiger partial charge < -0.3 is 10.3 Å². The van der Waals surface area contributed by atoms with E-state index in [2.05, 4.69) is 35.5 Å². The second-order valence-corrected chi connectivity index (χ2v) is 10.2. The Hall–Kier alpha value is -4.93. The van der Waals surface area contributed by atoms with Crippen molar-refractivity contribution < 1.29 is 9.18 Å². The maximum Gasteiger partial charge on any atom is 0.229 e. The molecule has 0 aliphatic carbocycles. The quantitative estimate of drug-likeness (QED) is 0.300. The average molecular weight is 510 g/mol. The Morgan fingerprint density at radius 2 is 1.92 bits per heavy atom. The molecule has 190 valence electrons. The average Bonchev–Trinajstić information content (AvgIpc) is 3.61. The fourth-order valence-electron chi connectivity index (χ4n) is 4.17. The lowest BCUT2D eigenvalue weighted by atomic mass is 9.95. The van der Waals surface area contributed by atoms with Gasteiger partial charge in [0.2, 0.25) is 5.91 Å². The zero-order valence-electron chi connectivity index (χ0n) is 21.2. The standard InChI is InChI=1S/C27H24FN9O/c1-14-12-37(13-31-14)25-23-20(5-6-30-25)33-24(34-23)22-18-8-15(9-19(28)21(18)35-36-22)16-7-17(11-29-10-16)32-26(38)27(2,3)4/h5-13H,1-4H3,(H,32,38)(H,33,34)(H,35,36). The van der Waals surface area contributed by atoms with Crippen molar-refractivity contribution in [2.45, 2.75) is 27.7 Å². The van der Waals surface area contributed by atoms with E-state index in [0.29, 0.717) is 45.1 Å². The molecular formula is C27H24FN9O. The summed E-state index contributed by atoms with van der Waals surface area (Å²) in [6.07, 6.45) is 8.43. The zero-order valence-corrected chi connectivity index (χ0v) is 21.2. The van der Waals surface area contributed by atoms with Gasteiger partial charge in [-0.05, 0) is 36.8 Å². The number of aromatic amines is 2. The third kappa shape index (κ3) is 4.07. The highest BCUT2D eigenvalue weighted by atomic mass is 19.1. The molecule has 3 N–H and O–H groups in total. The molecule has 0 bridgehead atoms. The number of aryl methyl sites for hydroxylation is 1. The van der Waals surface area contributed by atoms with Crippen molar-refractivity contribution in [3.05, 3.63) is 66.9 Å². The van der Waals surface area contributed by atoms with Crippen LogP contribution in [0.3, 0.4) is 0 Å². The maximum absolute atomic E-state index is 15.2. The van der Waals surface area contributed by atoms with Crippen LogP contribution in [0.2, 0.25) is 0 Å². The number of carbonyl (C=O) groups excluding carboxylic acids is 1. The summed E-state index contributed by atoms with van der Waals surface area (Å²) in [4.78, 5) is 33.5. The number of anilines is 1. The van der Waals surface area contributed by atoms with Gasteiger partial charge in [-0.3, -0.25) is 19.4 Å².